The normalized spacial score (nSPS) is 22.6. The minimum absolute atomic E-state index is 0.0312. The zero-order valence-corrected chi connectivity index (χ0v) is 7.43. The predicted molar refractivity (Wildman–Crippen MR) is 45.7 cm³/mol. The van der Waals surface area contributed by atoms with Gasteiger partial charge in [0.1, 0.15) is 6.61 Å². The molecule has 70 valence electrons. The highest BCUT2D eigenvalue weighted by Gasteiger charge is 2.15. The number of nitrogens with one attached hydrogen (secondary N) is 2. The molecule has 1 aliphatic heterocycles. The standard InChI is InChI=1S/C8H16N2O2/c1-2-12-6-8(11)10-7-4-3-5-9-7/h7,9H,2-6H2,1H3,(H,10,11). The second-order valence-electron chi connectivity index (χ2n) is 2.85. The monoisotopic (exact) mass is 172 g/mol. The van der Waals surface area contributed by atoms with Crippen LogP contribution in [0.25, 0.3) is 0 Å². The Bertz CT molecular complexity index is 144. The van der Waals surface area contributed by atoms with E-state index in [0.29, 0.717) is 6.61 Å². The van der Waals surface area contributed by atoms with Crippen molar-refractivity contribution < 1.29 is 9.53 Å². The molecule has 4 heteroatoms. The number of ether oxygens (including phenoxy) is 1. The van der Waals surface area contributed by atoms with Crippen molar-refractivity contribution >= 4 is 5.91 Å². The summed E-state index contributed by atoms with van der Waals surface area (Å²) in [6.45, 7) is 3.64. The topological polar surface area (TPSA) is 50.4 Å². The molecule has 0 aromatic carbocycles. The maximum Gasteiger partial charge on any atom is 0.247 e. The average molecular weight is 172 g/mol. The van der Waals surface area contributed by atoms with Crippen molar-refractivity contribution in [3.8, 4) is 0 Å². The number of hydrogen-bond donors (Lipinski definition) is 2. The summed E-state index contributed by atoms with van der Waals surface area (Å²) in [6, 6.07) is 0. The van der Waals surface area contributed by atoms with E-state index in [0.717, 1.165) is 19.4 Å². The fourth-order valence-corrected chi connectivity index (χ4v) is 1.24. The Hall–Kier alpha value is -0.610. The van der Waals surface area contributed by atoms with Crippen molar-refractivity contribution in [3.05, 3.63) is 0 Å². The van der Waals surface area contributed by atoms with Gasteiger partial charge in [-0.1, -0.05) is 0 Å². The third kappa shape index (κ3) is 3.19. The Morgan fingerprint density at radius 2 is 2.58 bits per heavy atom. The SMILES string of the molecule is CCOCC(=O)NC1CCCN1. The molecule has 1 saturated heterocycles. The lowest BCUT2D eigenvalue weighted by Gasteiger charge is -2.11. The third-order valence-electron chi connectivity index (χ3n) is 1.83. The van der Waals surface area contributed by atoms with E-state index < -0.39 is 0 Å². The molecule has 0 spiro atoms. The van der Waals surface area contributed by atoms with Gasteiger partial charge in [0.2, 0.25) is 5.91 Å². The first-order valence-electron chi connectivity index (χ1n) is 4.43. The van der Waals surface area contributed by atoms with Crippen LogP contribution in [0.1, 0.15) is 19.8 Å². The summed E-state index contributed by atoms with van der Waals surface area (Å²) in [4.78, 5) is 11.1. The van der Waals surface area contributed by atoms with Crippen LogP contribution < -0.4 is 10.6 Å². The van der Waals surface area contributed by atoms with Crippen LogP contribution in [0.3, 0.4) is 0 Å². The Morgan fingerprint density at radius 1 is 1.75 bits per heavy atom. The lowest BCUT2D eigenvalue weighted by atomic mass is 10.3. The highest BCUT2D eigenvalue weighted by atomic mass is 16.5. The van der Waals surface area contributed by atoms with Crippen molar-refractivity contribution in [2.24, 2.45) is 0 Å². The van der Waals surface area contributed by atoms with Gasteiger partial charge < -0.3 is 10.1 Å². The average Bonchev–Trinajstić information content (AvgIpc) is 2.53. The van der Waals surface area contributed by atoms with Crippen LogP contribution in [0.2, 0.25) is 0 Å². The van der Waals surface area contributed by atoms with E-state index in [2.05, 4.69) is 10.6 Å². The van der Waals surface area contributed by atoms with Crippen molar-refractivity contribution in [1.29, 1.82) is 0 Å². The zero-order chi connectivity index (χ0) is 8.81. The number of carbonyl (C=O) groups excluding carboxylic acids is 1. The summed E-state index contributed by atoms with van der Waals surface area (Å²) in [5, 5.41) is 6.02. The van der Waals surface area contributed by atoms with Gasteiger partial charge in [0.15, 0.2) is 0 Å². The number of rotatable bonds is 4. The Labute approximate surface area is 72.7 Å². The molecule has 1 rings (SSSR count). The Morgan fingerprint density at radius 3 is 3.17 bits per heavy atom. The summed E-state index contributed by atoms with van der Waals surface area (Å²) < 4.78 is 4.97. The molecular formula is C8H16N2O2. The molecular weight excluding hydrogens is 156 g/mol. The van der Waals surface area contributed by atoms with Crippen LogP contribution in [0.15, 0.2) is 0 Å². The van der Waals surface area contributed by atoms with Gasteiger partial charge in [0, 0.05) is 6.61 Å². The molecule has 4 nitrogen and oxygen atoms in total. The summed E-state index contributed by atoms with van der Waals surface area (Å²) >= 11 is 0. The number of hydrogen-bond acceptors (Lipinski definition) is 3. The molecule has 2 N–H and O–H groups in total. The molecule has 0 saturated carbocycles. The molecule has 0 radical (unpaired) electrons. The molecule has 1 atom stereocenters. The fraction of sp³-hybridized carbons (Fsp3) is 0.875. The summed E-state index contributed by atoms with van der Waals surface area (Å²) in [7, 11) is 0. The molecule has 0 aliphatic carbocycles. The molecule has 0 aromatic heterocycles. The molecule has 0 bridgehead atoms. The third-order valence-corrected chi connectivity index (χ3v) is 1.83. The first-order valence-corrected chi connectivity index (χ1v) is 4.43. The van der Waals surface area contributed by atoms with Gasteiger partial charge in [0.25, 0.3) is 0 Å². The van der Waals surface area contributed by atoms with Crippen molar-refractivity contribution in [2.75, 3.05) is 19.8 Å². The molecule has 12 heavy (non-hydrogen) atoms. The molecule has 1 amide bonds. The predicted octanol–water partition coefficient (Wildman–Crippen LogP) is -0.151. The quantitative estimate of drug-likeness (QED) is 0.620. The van der Waals surface area contributed by atoms with E-state index in [1.54, 1.807) is 0 Å². The Kier molecular flexibility index (Phi) is 4.04. The molecule has 0 aromatic rings. The molecule has 1 fully saturated rings. The summed E-state index contributed by atoms with van der Waals surface area (Å²) in [5.74, 6) is -0.0312. The first kappa shape index (κ1) is 9.48. The molecule has 1 unspecified atom stereocenters. The van der Waals surface area contributed by atoms with Gasteiger partial charge in [-0.2, -0.15) is 0 Å². The van der Waals surface area contributed by atoms with E-state index in [9.17, 15) is 4.79 Å². The van der Waals surface area contributed by atoms with Crippen LogP contribution in [0, 0.1) is 0 Å². The van der Waals surface area contributed by atoms with Crippen molar-refractivity contribution in [3.63, 3.8) is 0 Å². The smallest absolute Gasteiger partial charge is 0.247 e. The van der Waals surface area contributed by atoms with Gasteiger partial charge in [-0.3, -0.25) is 10.1 Å². The van der Waals surface area contributed by atoms with E-state index in [4.69, 9.17) is 4.74 Å². The molecule has 1 aliphatic rings. The van der Waals surface area contributed by atoms with Gasteiger partial charge in [0.05, 0.1) is 6.17 Å². The van der Waals surface area contributed by atoms with E-state index >= 15 is 0 Å². The number of carbonyl (C=O) groups is 1. The lowest BCUT2D eigenvalue weighted by molar-refractivity contribution is -0.126. The maximum absolute atomic E-state index is 11.1. The van der Waals surface area contributed by atoms with E-state index in [-0.39, 0.29) is 18.7 Å². The van der Waals surface area contributed by atoms with Crippen LogP contribution in [0.5, 0.6) is 0 Å². The van der Waals surface area contributed by atoms with Crippen LogP contribution in [-0.2, 0) is 9.53 Å². The summed E-state index contributed by atoms with van der Waals surface area (Å²) in [5.41, 5.74) is 0. The van der Waals surface area contributed by atoms with Crippen molar-refractivity contribution in [2.45, 2.75) is 25.9 Å². The largest absolute Gasteiger partial charge is 0.372 e. The van der Waals surface area contributed by atoms with Crippen LogP contribution >= 0.6 is 0 Å². The fourth-order valence-electron chi connectivity index (χ4n) is 1.24. The van der Waals surface area contributed by atoms with Gasteiger partial charge in [-0.15, -0.1) is 0 Å². The zero-order valence-electron chi connectivity index (χ0n) is 7.43. The molecule has 1 heterocycles. The van der Waals surface area contributed by atoms with E-state index in [1.165, 1.54) is 0 Å². The highest BCUT2D eigenvalue weighted by Crippen LogP contribution is 2.00. The van der Waals surface area contributed by atoms with E-state index in [1.807, 2.05) is 6.92 Å². The number of amides is 1. The van der Waals surface area contributed by atoms with Gasteiger partial charge in [-0.05, 0) is 26.3 Å². The van der Waals surface area contributed by atoms with Crippen LogP contribution in [0.4, 0.5) is 0 Å². The van der Waals surface area contributed by atoms with Crippen molar-refractivity contribution in [1.82, 2.24) is 10.6 Å². The minimum Gasteiger partial charge on any atom is -0.372 e. The first-order chi connectivity index (χ1) is 5.83. The van der Waals surface area contributed by atoms with Gasteiger partial charge >= 0.3 is 0 Å². The highest BCUT2D eigenvalue weighted by molar-refractivity contribution is 5.77. The second kappa shape index (κ2) is 5.11. The van der Waals surface area contributed by atoms with Gasteiger partial charge in [-0.25, -0.2) is 0 Å². The Balaban J connectivity index is 2.08. The minimum atomic E-state index is -0.0312. The summed E-state index contributed by atoms with van der Waals surface area (Å²) in [6.07, 6.45) is 2.33. The van der Waals surface area contributed by atoms with Crippen LogP contribution in [-0.4, -0.2) is 31.8 Å². The maximum atomic E-state index is 11.1. The lowest BCUT2D eigenvalue weighted by Crippen LogP contribution is -2.42. The second-order valence-corrected chi connectivity index (χ2v) is 2.85.